The van der Waals surface area contributed by atoms with Crippen LogP contribution in [0.5, 0.6) is 0 Å². The summed E-state index contributed by atoms with van der Waals surface area (Å²) in [5.41, 5.74) is 1.06. The molecule has 0 bridgehead atoms. The maximum absolute atomic E-state index is 11.6. The highest BCUT2D eigenvalue weighted by molar-refractivity contribution is 5.13. The number of benzene rings is 1. The molecule has 4 aliphatic rings. The van der Waals surface area contributed by atoms with Gasteiger partial charge in [0.05, 0.1) is 44.2 Å². The smallest absolute Gasteiger partial charge is 0.184 e. The van der Waals surface area contributed by atoms with Crippen molar-refractivity contribution in [2.45, 2.75) is 175 Å². The third kappa shape index (κ3) is 10.2. The fourth-order valence-corrected chi connectivity index (χ4v) is 8.96. The summed E-state index contributed by atoms with van der Waals surface area (Å²) in [6, 6.07) is 10.1. The molecular weight excluding hydrogens is 704 g/mol. The Morgan fingerprint density at radius 3 is 1.64 bits per heavy atom. The van der Waals surface area contributed by atoms with Crippen molar-refractivity contribution in [3.63, 3.8) is 0 Å². The van der Waals surface area contributed by atoms with E-state index in [2.05, 4.69) is 67.2 Å². The van der Waals surface area contributed by atoms with Crippen molar-refractivity contribution in [3.05, 3.63) is 48.6 Å². The molecule has 1 aromatic carbocycles. The normalized spacial score (nSPS) is 45.3. The average Bonchev–Trinajstić information content (AvgIpc) is 3.19. The van der Waals surface area contributed by atoms with Crippen LogP contribution in [0.1, 0.15) is 94.1 Å². The Hall–Kier alpha value is -1.48. The van der Waals surface area contributed by atoms with E-state index in [1.807, 2.05) is 39.0 Å². The zero-order valence-electron chi connectivity index (χ0n) is 35.0. The third-order valence-electron chi connectivity index (χ3n) is 13.4. The van der Waals surface area contributed by atoms with Crippen LogP contribution in [0.2, 0.25) is 0 Å². The van der Waals surface area contributed by atoms with E-state index in [1.54, 1.807) is 6.08 Å². The molecule has 8 unspecified atom stereocenters. The van der Waals surface area contributed by atoms with Crippen molar-refractivity contribution in [2.24, 2.45) is 41.4 Å². The number of aliphatic hydroxyl groups excluding tert-OH is 2. The van der Waals surface area contributed by atoms with Gasteiger partial charge in [-0.25, -0.2) is 0 Å². The van der Waals surface area contributed by atoms with Crippen LogP contribution in [0.4, 0.5) is 0 Å². The van der Waals surface area contributed by atoms with Crippen LogP contribution >= 0.6 is 0 Å². The zero-order valence-corrected chi connectivity index (χ0v) is 35.0. The summed E-state index contributed by atoms with van der Waals surface area (Å²) in [5.74, 6) is 0.180. The average molecular weight is 777 g/mol. The molecule has 4 saturated heterocycles. The number of rotatable bonds is 16. The molecular formula is C44H72O11. The van der Waals surface area contributed by atoms with Crippen LogP contribution in [0.15, 0.2) is 43.0 Å². The number of ether oxygens (including phenoxy) is 9. The van der Waals surface area contributed by atoms with E-state index in [-0.39, 0.29) is 73.0 Å². The number of aliphatic hydroxyl groups is 2. The Labute approximate surface area is 330 Å². The first kappa shape index (κ1) is 44.6. The van der Waals surface area contributed by atoms with Crippen molar-refractivity contribution in [1.29, 1.82) is 0 Å². The van der Waals surface area contributed by atoms with Gasteiger partial charge in [-0.15, -0.1) is 6.58 Å². The molecule has 0 radical (unpaired) electrons. The Bertz CT molecular complexity index is 1280. The van der Waals surface area contributed by atoms with Crippen LogP contribution in [0.3, 0.4) is 0 Å². The minimum atomic E-state index is -0.946. The van der Waals surface area contributed by atoms with Gasteiger partial charge in [0.25, 0.3) is 0 Å². The van der Waals surface area contributed by atoms with Gasteiger partial charge in [0.2, 0.25) is 0 Å². The second-order valence-electron chi connectivity index (χ2n) is 16.8. The van der Waals surface area contributed by atoms with Crippen molar-refractivity contribution in [2.75, 3.05) is 13.2 Å². The summed E-state index contributed by atoms with van der Waals surface area (Å²) in [7, 11) is 0. The highest BCUT2D eigenvalue weighted by Crippen LogP contribution is 2.41. The van der Waals surface area contributed by atoms with Crippen LogP contribution in [-0.2, 0) is 49.2 Å². The molecule has 5 rings (SSSR count). The largest absolute Gasteiger partial charge is 0.388 e. The summed E-state index contributed by atoms with van der Waals surface area (Å²) in [5, 5.41) is 22.9. The van der Waals surface area contributed by atoms with Gasteiger partial charge in [-0.3, -0.25) is 0 Å². The molecule has 11 nitrogen and oxygen atoms in total. The van der Waals surface area contributed by atoms with E-state index in [0.717, 1.165) is 24.8 Å². The van der Waals surface area contributed by atoms with Gasteiger partial charge in [-0.1, -0.05) is 106 Å². The highest BCUT2D eigenvalue weighted by Gasteiger charge is 2.53. The third-order valence-corrected chi connectivity index (χ3v) is 13.4. The van der Waals surface area contributed by atoms with E-state index in [1.165, 1.54) is 0 Å². The predicted molar refractivity (Wildman–Crippen MR) is 209 cm³/mol. The molecule has 55 heavy (non-hydrogen) atoms. The van der Waals surface area contributed by atoms with E-state index >= 15 is 0 Å². The molecule has 4 aliphatic heterocycles. The summed E-state index contributed by atoms with van der Waals surface area (Å²) >= 11 is 0. The zero-order chi connectivity index (χ0) is 40.0. The molecule has 0 aromatic heterocycles. The Morgan fingerprint density at radius 2 is 1.05 bits per heavy atom. The SMILES string of the molecule is C=CCO[C@H]1OC(CO[C@@H]2OC(CC)[C@@H](C)[C@H](C)C2O)[C@@H](O[C@@H]2OC(CC)[C@@H](C)[C@H](C)C2O)[C@H](O[C@@H]2OC(CC)[C@@H](C)[C@H](C)C2OCc2ccccc2)C1C. The maximum Gasteiger partial charge on any atom is 0.184 e. The van der Waals surface area contributed by atoms with E-state index < -0.39 is 61.8 Å². The number of hydrogen-bond donors (Lipinski definition) is 2. The first-order valence-corrected chi connectivity index (χ1v) is 21.1. The molecule has 4 heterocycles. The number of hydrogen-bond acceptors (Lipinski definition) is 11. The van der Waals surface area contributed by atoms with Crippen molar-refractivity contribution < 1.29 is 52.8 Å². The summed E-state index contributed by atoms with van der Waals surface area (Å²) < 4.78 is 59.8. The summed E-state index contributed by atoms with van der Waals surface area (Å²) in [6.07, 6.45) is -3.76. The minimum absolute atomic E-state index is 0.000910. The van der Waals surface area contributed by atoms with Gasteiger partial charge in [0.1, 0.15) is 30.5 Å². The molecule has 11 heteroatoms. The topological polar surface area (TPSA) is 124 Å². The predicted octanol–water partition coefficient (Wildman–Crippen LogP) is 6.87. The molecule has 1 aromatic rings. The van der Waals surface area contributed by atoms with Crippen LogP contribution < -0.4 is 0 Å². The lowest BCUT2D eigenvalue weighted by atomic mass is 9.82. The van der Waals surface area contributed by atoms with Crippen LogP contribution in [0, 0.1) is 41.4 Å². The highest BCUT2D eigenvalue weighted by atomic mass is 16.8. The molecule has 0 aliphatic carbocycles. The first-order chi connectivity index (χ1) is 26.3. The van der Waals surface area contributed by atoms with Gasteiger partial charge in [0.15, 0.2) is 25.2 Å². The lowest BCUT2D eigenvalue weighted by Gasteiger charge is -2.51. The Morgan fingerprint density at radius 1 is 0.545 bits per heavy atom. The second kappa shape index (κ2) is 20.5. The Balaban J connectivity index is 1.49. The van der Waals surface area contributed by atoms with Gasteiger partial charge < -0.3 is 52.8 Å². The quantitative estimate of drug-likeness (QED) is 0.171. The molecule has 4 fully saturated rings. The molecule has 2 N–H and O–H groups in total. The van der Waals surface area contributed by atoms with Crippen molar-refractivity contribution in [1.82, 2.24) is 0 Å². The monoisotopic (exact) mass is 777 g/mol. The van der Waals surface area contributed by atoms with Gasteiger partial charge in [-0.2, -0.15) is 0 Å². The fourth-order valence-electron chi connectivity index (χ4n) is 8.96. The lowest BCUT2D eigenvalue weighted by molar-refractivity contribution is -0.377. The van der Waals surface area contributed by atoms with E-state index in [9.17, 15) is 10.2 Å². The van der Waals surface area contributed by atoms with E-state index in [4.69, 9.17) is 42.6 Å². The first-order valence-electron chi connectivity index (χ1n) is 21.1. The summed E-state index contributed by atoms with van der Waals surface area (Å²) in [6.45, 7) is 25.5. The fraction of sp³-hybridized carbons (Fsp3) is 0.818. The second-order valence-corrected chi connectivity index (χ2v) is 16.8. The summed E-state index contributed by atoms with van der Waals surface area (Å²) in [4.78, 5) is 0. The molecule has 314 valence electrons. The van der Waals surface area contributed by atoms with Crippen molar-refractivity contribution in [3.8, 4) is 0 Å². The lowest BCUT2D eigenvalue weighted by Crippen LogP contribution is -2.63. The van der Waals surface area contributed by atoms with Gasteiger partial charge >= 0.3 is 0 Å². The van der Waals surface area contributed by atoms with Crippen LogP contribution in [0.25, 0.3) is 0 Å². The van der Waals surface area contributed by atoms with Gasteiger partial charge in [0, 0.05) is 5.92 Å². The minimum Gasteiger partial charge on any atom is -0.388 e. The Kier molecular flexibility index (Phi) is 16.6. The standard InChI is InChI=1S/C44H72O11/c1-12-21-47-41-30(11)38(54-44-39(29(10)26(7)34(15-4)52-44)48-22-31-19-17-16-18-20-31)40(55-43-37(46)28(9)25(6)33(14-3)51-43)35(53-41)23-49-42-36(45)27(8)24(5)32(13-2)50-42/h12,16-20,24-30,32-46H,1,13-15,21-23H2,2-11H3/t24-,25-,26-,27-,28-,29-,30?,32?,33?,34?,35?,36?,37?,38+,39?,40+,41-,42+,43-,44-/m0/s1. The molecule has 0 saturated carbocycles. The maximum atomic E-state index is 11.6. The molecule has 0 spiro atoms. The molecule has 0 amide bonds. The van der Waals surface area contributed by atoms with Crippen LogP contribution in [-0.4, -0.2) is 104 Å². The van der Waals surface area contributed by atoms with Crippen molar-refractivity contribution >= 4 is 0 Å². The van der Waals surface area contributed by atoms with Gasteiger partial charge in [-0.05, 0) is 60.3 Å². The molecule has 20 atom stereocenters. The van der Waals surface area contributed by atoms with E-state index in [0.29, 0.717) is 6.61 Å².